The summed E-state index contributed by atoms with van der Waals surface area (Å²) in [5, 5.41) is 13.6. The van der Waals surface area contributed by atoms with Crippen LogP contribution in [0.2, 0.25) is 0 Å². The standard InChI is InChI=1S/C15H20N2O5/c1-2-6-12(15(20)21)17-13(18)9-16-14(19)10-22-11-7-4-3-5-8-11/h3-5,7-8,12H,2,6,9-10H2,1H3,(H,16,19)(H,17,18)(H,20,21). The first-order chi connectivity index (χ1) is 10.5. The predicted octanol–water partition coefficient (Wildman–Crippen LogP) is 0.551. The van der Waals surface area contributed by atoms with Gasteiger partial charge < -0.3 is 20.5 Å². The van der Waals surface area contributed by atoms with E-state index in [1.807, 2.05) is 13.0 Å². The Hall–Kier alpha value is -2.57. The fourth-order valence-corrected chi connectivity index (χ4v) is 1.69. The molecule has 0 bridgehead atoms. The molecule has 0 spiro atoms. The van der Waals surface area contributed by atoms with Crippen molar-refractivity contribution in [2.45, 2.75) is 25.8 Å². The van der Waals surface area contributed by atoms with Crippen LogP contribution in [0.5, 0.6) is 5.75 Å². The molecule has 2 amide bonds. The van der Waals surface area contributed by atoms with E-state index in [0.717, 1.165) is 0 Å². The van der Waals surface area contributed by atoms with Gasteiger partial charge in [0.15, 0.2) is 6.61 Å². The number of ether oxygens (including phenoxy) is 1. The van der Waals surface area contributed by atoms with E-state index in [2.05, 4.69) is 10.6 Å². The summed E-state index contributed by atoms with van der Waals surface area (Å²) in [6.45, 7) is 1.32. The molecule has 1 atom stereocenters. The van der Waals surface area contributed by atoms with Gasteiger partial charge in [-0.2, -0.15) is 0 Å². The van der Waals surface area contributed by atoms with Gasteiger partial charge >= 0.3 is 5.97 Å². The van der Waals surface area contributed by atoms with Gasteiger partial charge in [-0.3, -0.25) is 9.59 Å². The minimum Gasteiger partial charge on any atom is -0.484 e. The van der Waals surface area contributed by atoms with Crippen molar-refractivity contribution in [2.75, 3.05) is 13.2 Å². The molecule has 0 aliphatic heterocycles. The Morgan fingerprint density at radius 2 is 1.86 bits per heavy atom. The molecule has 0 heterocycles. The molecule has 0 fully saturated rings. The molecule has 0 radical (unpaired) electrons. The van der Waals surface area contributed by atoms with E-state index in [1.54, 1.807) is 24.3 Å². The topological polar surface area (TPSA) is 105 Å². The highest BCUT2D eigenvalue weighted by Gasteiger charge is 2.18. The zero-order valence-corrected chi connectivity index (χ0v) is 12.4. The molecule has 0 aliphatic rings. The van der Waals surface area contributed by atoms with Gasteiger partial charge in [0.25, 0.3) is 5.91 Å². The van der Waals surface area contributed by atoms with Crippen LogP contribution in [-0.2, 0) is 14.4 Å². The first-order valence-electron chi connectivity index (χ1n) is 6.99. The van der Waals surface area contributed by atoms with E-state index in [9.17, 15) is 14.4 Å². The molecular formula is C15H20N2O5. The van der Waals surface area contributed by atoms with E-state index in [1.165, 1.54) is 0 Å². The van der Waals surface area contributed by atoms with Crippen LogP contribution in [0, 0.1) is 0 Å². The van der Waals surface area contributed by atoms with Crippen LogP contribution < -0.4 is 15.4 Å². The first kappa shape index (κ1) is 17.5. The molecule has 120 valence electrons. The summed E-state index contributed by atoms with van der Waals surface area (Å²) in [5.74, 6) is -1.54. The number of aliphatic carboxylic acids is 1. The second kappa shape index (κ2) is 9.38. The SMILES string of the molecule is CCCC(NC(=O)CNC(=O)COc1ccccc1)C(=O)O. The number of carboxylic acids is 1. The second-order valence-corrected chi connectivity index (χ2v) is 4.63. The number of hydrogen-bond acceptors (Lipinski definition) is 4. The average molecular weight is 308 g/mol. The maximum absolute atomic E-state index is 11.6. The molecule has 0 saturated heterocycles. The number of nitrogens with one attached hydrogen (secondary N) is 2. The van der Waals surface area contributed by atoms with Crippen molar-refractivity contribution in [3.05, 3.63) is 30.3 Å². The van der Waals surface area contributed by atoms with Crippen LogP contribution >= 0.6 is 0 Å². The van der Waals surface area contributed by atoms with Crippen LogP contribution in [0.1, 0.15) is 19.8 Å². The van der Waals surface area contributed by atoms with Gasteiger partial charge in [-0.15, -0.1) is 0 Å². The Bertz CT molecular complexity index is 504. The lowest BCUT2D eigenvalue weighted by molar-refractivity contribution is -0.141. The van der Waals surface area contributed by atoms with E-state index in [-0.39, 0.29) is 13.2 Å². The summed E-state index contributed by atoms with van der Waals surface area (Å²) < 4.78 is 5.22. The molecule has 0 aliphatic carbocycles. The zero-order chi connectivity index (χ0) is 16.4. The fraction of sp³-hybridized carbons (Fsp3) is 0.400. The minimum absolute atomic E-state index is 0.214. The molecule has 1 rings (SSSR count). The number of carboxylic acid groups (broad SMARTS) is 1. The molecule has 3 N–H and O–H groups in total. The van der Waals surface area contributed by atoms with E-state index >= 15 is 0 Å². The summed E-state index contributed by atoms with van der Waals surface area (Å²) in [6.07, 6.45) is 0.973. The number of para-hydroxylation sites is 1. The third kappa shape index (κ3) is 6.74. The normalized spacial score (nSPS) is 11.3. The number of carbonyl (C=O) groups is 3. The van der Waals surface area contributed by atoms with Crippen LogP contribution in [0.4, 0.5) is 0 Å². The van der Waals surface area contributed by atoms with Crippen molar-refractivity contribution < 1.29 is 24.2 Å². The van der Waals surface area contributed by atoms with Gasteiger partial charge in [0, 0.05) is 0 Å². The Morgan fingerprint density at radius 1 is 1.18 bits per heavy atom. The summed E-state index contributed by atoms with van der Waals surface area (Å²) in [4.78, 5) is 34.0. The van der Waals surface area contributed by atoms with Gasteiger partial charge in [0.2, 0.25) is 5.91 Å². The first-order valence-corrected chi connectivity index (χ1v) is 6.99. The maximum atomic E-state index is 11.6. The predicted molar refractivity (Wildman–Crippen MR) is 79.4 cm³/mol. The Labute approximate surface area is 128 Å². The third-order valence-corrected chi connectivity index (χ3v) is 2.77. The number of hydrogen-bond donors (Lipinski definition) is 3. The second-order valence-electron chi connectivity index (χ2n) is 4.63. The zero-order valence-electron chi connectivity index (χ0n) is 12.4. The number of amides is 2. The Balaban J connectivity index is 2.28. The van der Waals surface area contributed by atoms with Crippen LogP contribution in [0.15, 0.2) is 30.3 Å². The van der Waals surface area contributed by atoms with Crippen LogP contribution in [0.3, 0.4) is 0 Å². The van der Waals surface area contributed by atoms with Gasteiger partial charge in [-0.05, 0) is 18.6 Å². The smallest absolute Gasteiger partial charge is 0.326 e. The number of benzene rings is 1. The van der Waals surface area contributed by atoms with E-state index in [4.69, 9.17) is 9.84 Å². The summed E-state index contributed by atoms with van der Waals surface area (Å²) in [7, 11) is 0. The number of rotatable bonds is 9. The lowest BCUT2D eigenvalue weighted by atomic mass is 10.1. The van der Waals surface area contributed by atoms with Crippen molar-refractivity contribution >= 4 is 17.8 Å². The average Bonchev–Trinajstić information content (AvgIpc) is 2.51. The molecule has 22 heavy (non-hydrogen) atoms. The molecule has 0 saturated carbocycles. The number of carbonyl (C=O) groups excluding carboxylic acids is 2. The molecule has 7 nitrogen and oxygen atoms in total. The summed E-state index contributed by atoms with van der Waals surface area (Å²) in [5.41, 5.74) is 0. The molecule has 0 aromatic heterocycles. The summed E-state index contributed by atoms with van der Waals surface area (Å²) in [6, 6.07) is 7.87. The van der Waals surface area contributed by atoms with Gasteiger partial charge in [0.1, 0.15) is 11.8 Å². The molecule has 7 heteroatoms. The van der Waals surface area contributed by atoms with Crippen molar-refractivity contribution in [1.82, 2.24) is 10.6 Å². The Kier molecular flexibility index (Phi) is 7.45. The minimum atomic E-state index is -1.09. The molecule has 1 aromatic carbocycles. The van der Waals surface area contributed by atoms with Gasteiger partial charge in [-0.1, -0.05) is 31.5 Å². The van der Waals surface area contributed by atoms with Crippen molar-refractivity contribution in [3.63, 3.8) is 0 Å². The fourth-order valence-electron chi connectivity index (χ4n) is 1.69. The third-order valence-electron chi connectivity index (χ3n) is 2.77. The van der Waals surface area contributed by atoms with Crippen molar-refractivity contribution in [1.29, 1.82) is 0 Å². The maximum Gasteiger partial charge on any atom is 0.326 e. The quantitative estimate of drug-likeness (QED) is 0.618. The van der Waals surface area contributed by atoms with Gasteiger partial charge in [0.05, 0.1) is 6.54 Å². The molecular weight excluding hydrogens is 288 g/mol. The van der Waals surface area contributed by atoms with E-state index < -0.39 is 23.8 Å². The Morgan fingerprint density at radius 3 is 2.45 bits per heavy atom. The highest BCUT2D eigenvalue weighted by atomic mass is 16.5. The summed E-state index contributed by atoms with van der Waals surface area (Å²) >= 11 is 0. The molecule has 1 aromatic rings. The highest BCUT2D eigenvalue weighted by Crippen LogP contribution is 2.07. The highest BCUT2D eigenvalue weighted by molar-refractivity contribution is 5.88. The van der Waals surface area contributed by atoms with Gasteiger partial charge in [-0.25, -0.2) is 4.79 Å². The van der Waals surface area contributed by atoms with E-state index in [0.29, 0.717) is 18.6 Å². The molecule has 1 unspecified atom stereocenters. The van der Waals surface area contributed by atoms with Crippen molar-refractivity contribution in [3.8, 4) is 5.75 Å². The van der Waals surface area contributed by atoms with Crippen LogP contribution in [-0.4, -0.2) is 42.1 Å². The largest absolute Gasteiger partial charge is 0.484 e. The monoisotopic (exact) mass is 308 g/mol. The van der Waals surface area contributed by atoms with Crippen LogP contribution in [0.25, 0.3) is 0 Å². The van der Waals surface area contributed by atoms with Crippen molar-refractivity contribution in [2.24, 2.45) is 0 Å². The lowest BCUT2D eigenvalue weighted by Gasteiger charge is -2.13. The lowest BCUT2D eigenvalue weighted by Crippen LogP contribution is -2.46.